The summed E-state index contributed by atoms with van der Waals surface area (Å²) in [4.78, 5) is 0. The molecule has 0 aliphatic carbocycles. The number of nitrogens with zero attached hydrogens (tertiary/aromatic N) is 2. The van der Waals surface area contributed by atoms with Crippen molar-refractivity contribution in [2.75, 3.05) is 0 Å². The maximum Gasteiger partial charge on any atom is 0.0568 e. The van der Waals surface area contributed by atoms with Gasteiger partial charge in [0.15, 0.2) is 0 Å². The Morgan fingerprint density at radius 2 is 2.21 bits per heavy atom. The lowest BCUT2D eigenvalue weighted by Crippen LogP contribution is -1.91. The minimum atomic E-state index is 0.756. The van der Waals surface area contributed by atoms with E-state index in [0.29, 0.717) is 0 Å². The zero-order valence-electron chi connectivity index (χ0n) is 7.94. The van der Waals surface area contributed by atoms with E-state index in [0.717, 1.165) is 22.7 Å². The fourth-order valence-electron chi connectivity index (χ4n) is 1.35. The molecule has 72 valence electrons. The second-order valence-electron chi connectivity index (χ2n) is 3.10. The highest BCUT2D eigenvalue weighted by atomic mass is 35.5. The largest absolute Gasteiger partial charge is 0.272 e. The molecule has 1 aromatic carbocycles. The molecule has 0 aliphatic heterocycles. The van der Waals surface area contributed by atoms with Gasteiger partial charge in [0.05, 0.1) is 6.20 Å². The molecule has 0 saturated heterocycles. The van der Waals surface area contributed by atoms with Gasteiger partial charge in [-0.05, 0) is 24.6 Å². The van der Waals surface area contributed by atoms with E-state index in [2.05, 4.69) is 12.0 Å². The molecule has 0 aliphatic rings. The molecular formula is C11H11ClN2. The standard InChI is InChI=1S/C11H11ClN2/c1-2-14-8-10(7-13-14)9-4-3-5-11(12)6-9/h3-8H,2H2,1H3. The van der Waals surface area contributed by atoms with Crippen LogP contribution in [-0.4, -0.2) is 9.78 Å². The van der Waals surface area contributed by atoms with Crippen LogP contribution in [0.15, 0.2) is 36.7 Å². The summed E-state index contributed by atoms with van der Waals surface area (Å²) in [6, 6.07) is 7.79. The van der Waals surface area contributed by atoms with E-state index in [1.165, 1.54) is 0 Å². The van der Waals surface area contributed by atoms with Gasteiger partial charge in [-0.3, -0.25) is 4.68 Å². The molecule has 0 atom stereocenters. The molecule has 2 nitrogen and oxygen atoms in total. The topological polar surface area (TPSA) is 17.8 Å². The Hall–Kier alpha value is -1.28. The van der Waals surface area contributed by atoms with Crippen molar-refractivity contribution in [2.45, 2.75) is 13.5 Å². The van der Waals surface area contributed by atoms with Crippen molar-refractivity contribution in [1.82, 2.24) is 9.78 Å². The maximum absolute atomic E-state index is 5.91. The maximum atomic E-state index is 5.91. The zero-order valence-corrected chi connectivity index (χ0v) is 8.70. The van der Waals surface area contributed by atoms with Crippen molar-refractivity contribution in [3.63, 3.8) is 0 Å². The molecule has 0 radical (unpaired) electrons. The predicted octanol–water partition coefficient (Wildman–Crippen LogP) is 3.22. The molecule has 0 fully saturated rings. The van der Waals surface area contributed by atoms with Crippen LogP contribution in [0.1, 0.15) is 6.92 Å². The van der Waals surface area contributed by atoms with E-state index in [4.69, 9.17) is 11.6 Å². The predicted molar refractivity (Wildman–Crippen MR) is 58.3 cm³/mol. The highest BCUT2D eigenvalue weighted by Crippen LogP contribution is 2.21. The summed E-state index contributed by atoms with van der Waals surface area (Å²) in [7, 11) is 0. The number of rotatable bonds is 2. The Bertz CT molecular complexity index is 434. The lowest BCUT2D eigenvalue weighted by atomic mass is 10.1. The van der Waals surface area contributed by atoms with Crippen LogP contribution in [0.2, 0.25) is 5.02 Å². The number of aromatic nitrogens is 2. The summed E-state index contributed by atoms with van der Waals surface area (Å²) in [5.41, 5.74) is 2.21. The molecule has 2 rings (SSSR count). The van der Waals surface area contributed by atoms with Gasteiger partial charge >= 0.3 is 0 Å². The van der Waals surface area contributed by atoms with Crippen molar-refractivity contribution in [2.24, 2.45) is 0 Å². The van der Waals surface area contributed by atoms with Crippen LogP contribution in [0.4, 0.5) is 0 Å². The van der Waals surface area contributed by atoms with Crippen LogP contribution >= 0.6 is 11.6 Å². The Kier molecular flexibility index (Phi) is 2.55. The molecule has 0 N–H and O–H groups in total. The molecule has 1 aromatic heterocycles. The van der Waals surface area contributed by atoms with Gasteiger partial charge in [0.25, 0.3) is 0 Å². The van der Waals surface area contributed by atoms with Crippen molar-refractivity contribution in [3.05, 3.63) is 41.7 Å². The molecule has 0 saturated carbocycles. The third kappa shape index (κ3) is 1.80. The lowest BCUT2D eigenvalue weighted by Gasteiger charge is -1.96. The Balaban J connectivity index is 2.39. The molecule has 0 spiro atoms. The summed E-state index contributed by atoms with van der Waals surface area (Å²) < 4.78 is 1.90. The smallest absolute Gasteiger partial charge is 0.0568 e. The van der Waals surface area contributed by atoms with E-state index in [1.54, 1.807) is 0 Å². The summed E-state index contributed by atoms with van der Waals surface area (Å²) >= 11 is 5.91. The minimum absolute atomic E-state index is 0.756. The average Bonchev–Trinajstić information content (AvgIpc) is 2.66. The molecule has 2 aromatic rings. The third-order valence-electron chi connectivity index (χ3n) is 2.12. The summed E-state index contributed by atoms with van der Waals surface area (Å²) in [6.07, 6.45) is 3.88. The van der Waals surface area contributed by atoms with Crippen LogP contribution in [0.5, 0.6) is 0 Å². The Morgan fingerprint density at radius 1 is 1.36 bits per heavy atom. The average molecular weight is 207 g/mol. The molecule has 14 heavy (non-hydrogen) atoms. The highest BCUT2D eigenvalue weighted by molar-refractivity contribution is 6.30. The van der Waals surface area contributed by atoms with Gasteiger partial charge in [0.1, 0.15) is 0 Å². The highest BCUT2D eigenvalue weighted by Gasteiger charge is 2.00. The van der Waals surface area contributed by atoms with Crippen LogP contribution in [0, 0.1) is 0 Å². The van der Waals surface area contributed by atoms with Crippen molar-refractivity contribution in [1.29, 1.82) is 0 Å². The van der Waals surface area contributed by atoms with Crippen LogP contribution in [0.25, 0.3) is 11.1 Å². The zero-order chi connectivity index (χ0) is 9.97. The lowest BCUT2D eigenvalue weighted by molar-refractivity contribution is 0.660. The molecular weight excluding hydrogens is 196 g/mol. The van der Waals surface area contributed by atoms with E-state index >= 15 is 0 Å². The molecule has 1 heterocycles. The van der Waals surface area contributed by atoms with Crippen molar-refractivity contribution in [3.8, 4) is 11.1 Å². The Morgan fingerprint density at radius 3 is 2.86 bits per heavy atom. The molecule has 0 amide bonds. The summed E-state index contributed by atoms with van der Waals surface area (Å²) in [5.74, 6) is 0. The van der Waals surface area contributed by atoms with E-state index in [9.17, 15) is 0 Å². The van der Waals surface area contributed by atoms with Crippen LogP contribution < -0.4 is 0 Å². The molecule has 0 bridgehead atoms. The van der Waals surface area contributed by atoms with Crippen molar-refractivity contribution >= 4 is 11.6 Å². The Labute approximate surface area is 88.1 Å². The first kappa shape index (κ1) is 9.28. The SMILES string of the molecule is CCn1cc(-c2cccc(Cl)c2)cn1. The van der Waals surface area contributed by atoms with Gasteiger partial charge < -0.3 is 0 Å². The first-order valence-electron chi connectivity index (χ1n) is 4.58. The minimum Gasteiger partial charge on any atom is -0.272 e. The first-order valence-corrected chi connectivity index (χ1v) is 4.96. The van der Waals surface area contributed by atoms with E-state index in [-0.39, 0.29) is 0 Å². The second kappa shape index (κ2) is 3.84. The number of aryl methyl sites for hydroxylation is 1. The molecule has 0 unspecified atom stereocenters. The van der Waals surface area contributed by atoms with Crippen LogP contribution in [-0.2, 0) is 6.54 Å². The fourth-order valence-corrected chi connectivity index (χ4v) is 1.54. The van der Waals surface area contributed by atoms with E-state index in [1.807, 2.05) is 41.3 Å². The monoisotopic (exact) mass is 206 g/mol. The third-order valence-corrected chi connectivity index (χ3v) is 2.35. The van der Waals surface area contributed by atoms with Gasteiger partial charge in [-0.1, -0.05) is 23.7 Å². The van der Waals surface area contributed by atoms with E-state index < -0.39 is 0 Å². The number of benzene rings is 1. The first-order chi connectivity index (χ1) is 6.79. The number of hydrogen-bond donors (Lipinski definition) is 0. The fraction of sp³-hybridized carbons (Fsp3) is 0.182. The van der Waals surface area contributed by atoms with Crippen molar-refractivity contribution < 1.29 is 0 Å². The second-order valence-corrected chi connectivity index (χ2v) is 3.53. The van der Waals surface area contributed by atoms with Gasteiger partial charge in [-0.15, -0.1) is 0 Å². The van der Waals surface area contributed by atoms with Gasteiger partial charge in [-0.25, -0.2) is 0 Å². The van der Waals surface area contributed by atoms with Gasteiger partial charge in [-0.2, -0.15) is 5.10 Å². The summed E-state index contributed by atoms with van der Waals surface area (Å²) in [5, 5.41) is 4.97. The number of halogens is 1. The van der Waals surface area contributed by atoms with Gasteiger partial charge in [0.2, 0.25) is 0 Å². The van der Waals surface area contributed by atoms with Crippen LogP contribution in [0.3, 0.4) is 0 Å². The number of hydrogen-bond acceptors (Lipinski definition) is 1. The quantitative estimate of drug-likeness (QED) is 0.738. The molecule has 3 heteroatoms. The van der Waals surface area contributed by atoms with Gasteiger partial charge in [0, 0.05) is 23.3 Å². The summed E-state index contributed by atoms with van der Waals surface area (Å²) in [6.45, 7) is 2.95. The normalized spacial score (nSPS) is 10.4.